The van der Waals surface area contributed by atoms with Crippen molar-refractivity contribution in [2.45, 2.75) is 39.7 Å². The van der Waals surface area contributed by atoms with Crippen molar-refractivity contribution in [2.24, 2.45) is 5.10 Å². The van der Waals surface area contributed by atoms with Gasteiger partial charge in [0.2, 0.25) is 0 Å². The Hall–Kier alpha value is -2.69. The van der Waals surface area contributed by atoms with Crippen LogP contribution in [0.15, 0.2) is 35.4 Å². The van der Waals surface area contributed by atoms with Crippen LogP contribution in [0.2, 0.25) is 0 Å². The van der Waals surface area contributed by atoms with Gasteiger partial charge in [0.15, 0.2) is 0 Å². The molecule has 5 heteroatoms. The minimum absolute atomic E-state index is 0.218. The molecule has 0 spiro atoms. The van der Waals surface area contributed by atoms with Crippen molar-refractivity contribution in [1.82, 2.24) is 5.43 Å². The van der Waals surface area contributed by atoms with Gasteiger partial charge in [0.05, 0.1) is 5.71 Å². The second-order valence-corrected chi connectivity index (χ2v) is 6.14. The number of carbonyl (C=O) groups excluding carboxylic acids is 1. The van der Waals surface area contributed by atoms with Gasteiger partial charge in [-0.1, -0.05) is 26.0 Å². The second-order valence-electron chi connectivity index (χ2n) is 6.14. The monoisotopic (exact) mass is 339 g/mol. The molecule has 4 nitrogen and oxygen atoms in total. The van der Waals surface area contributed by atoms with E-state index in [1.807, 2.05) is 39.0 Å². The number of halogens is 1. The number of anilines is 2. The van der Waals surface area contributed by atoms with E-state index in [9.17, 15) is 9.18 Å². The number of hydrazone groups is 1. The summed E-state index contributed by atoms with van der Waals surface area (Å²) in [5.41, 5.74) is 9.15. The van der Waals surface area contributed by atoms with Crippen molar-refractivity contribution >= 4 is 23.4 Å². The van der Waals surface area contributed by atoms with Crippen LogP contribution in [0.5, 0.6) is 0 Å². The lowest BCUT2D eigenvalue weighted by Gasteiger charge is -2.25. The predicted molar refractivity (Wildman–Crippen MR) is 99.0 cm³/mol. The van der Waals surface area contributed by atoms with Crippen LogP contribution in [0.4, 0.5) is 15.8 Å². The number of hydrogen-bond donors (Lipinski definition) is 2. The highest BCUT2D eigenvalue weighted by atomic mass is 19.1. The average Bonchev–Trinajstić information content (AvgIpc) is 2.63. The zero-order valence-electron chi connectivity index (χ0n) is 14.7. The molecule has 1 aliphatic rings. The van der Waals surface area contributed by atoms with Crippen LogP contribution in [0.1, 0.15) is 49.1 Å². The van der Waals surface area contributed by atoms with Gasteiger partial charge in [-0.2, -0.15) is 5.10 Å². The molecule has 0 bridgehead atoms. The number of rotatable bonds is 5. The minimum Gasteiger partial charge on any atom is -0.355 e. The third kappa shape index (κ3) is 3.14. The van der Waals surface area contributed by atoms with E-state index in [2.05, 4.69) is 15.8 Å². The van der Waals surface area contributed by atoms with Gasteiger partial charge in [0.25, 0.3) is 0 Å². The lowest BCUT2D eigenvalue weighted by Crippen LogP contribution is -2.27. The van der Waals surface area contributed by atoms with Crippen LogP contribution in [0.3, 0.4) is 0 Å². The minimum atomic E-state index is -0.502. The Labute approximate surface area is 147 Å². The van der Waals surface area contributed by atoms with Gasteiger partial charge in [-0.3, -0.25) is 5.43 Å². The number of nitrogens with one attached hydrogen (secondary N) is 2. The predicted octanol–water partition coefficient (Wildman–Crippen LogP) is 4.26. The summed E-state index contributed by atoms with van der Waals surface area (Å²) in [6, 6.07) is 8.48. The Bertz CT molecular complexity index is 820. The molecular weight excluding hydrogens is 317 g/mol. The largest absolute Gasteiger partial charge is 0.355 e. The fourth-order valence-corrected chi connectivity index (χ4v) is 3.29. The van der Waals surface area contributed by atoms with Crippen molar-refractivity contribution in [3.63, 3.8) is 0 Å². The summed E-state index contributed by atoms with van der Waals surface area (Å²) in [6.07, 6.45) is 2.29. The number of aryl methyl sites for hydroxylation is 2. The Morgan fingerprint density at radius 3 is 2.52 bits per heavy atom. The van der Waals surface area contributed by atoms with Gasteiger partial charge < -0.3 is 10.1 Å². The average molecular weight is 339 g/mol. The van der Waals surface area contributed by atoms with Crippen LogP contribution < -0.4 is 10.7 Å². The zero-order chi connectivity index (χ0) is 18.0. The van der Waals surface area contributed by atoms with Gasteiger partial charge >= 0.3 is 0 Å². The fourth-order valence-electron chi connectivity index (χ4n) is 3.29. The molecule has 130 valence electrons. The summed E-state index contributed by atoms with van der Waals surface area (Å²) in [6.45, 7) is 5.92. The lowest BCUT2D eigenvalue weighted by atomic mass is 9.94. The number of fused-ring (bicyclic) bond motifs is 1. The van der Waals surface area contributed by atoms with Crippen molar-refractivity contribution < 1.29 is 9.18 Å². The molecular formula is C20H22FN3O. The molecule has 2 N–H and O–H groups in total. The third-order valence-electron chi connectivity index (χ3n) is 4.60. The third-order valence-corrected chi connectivity index (χ3v) is 4.60. The van der Waals surface area contributed by atoms with Crippen LogP contribution >= 0.6 is 0 Å². The first-order valence-electron chi connectivity index (χ1n) is 8.55. The topological polar surface area (TPSA) is 53.5 Å². The van der Waals surface area contributed by atoms with Crippen LogP contribution in [-0.2, 0) is 17.6 Å². The summed E-state index contributed by atoms with van der Waals surface area (Å²) in [5, 5.41) is 7.67. The van der Waals surface area contributed by atoms with Crippen molar-refractivity contribution in [3.05, 3.63) is 58.4 Å². The zero-order valence-corrected chi connectivity index (χ0v) is 14.7. The van der Waals surface area contributed by atoms with Crippen LogP contribution in [0.25, 0.3) is 0 Å². The number of hydrogen-bond acceptors (Lipinski definition) is 4. The lowest BCUT2D eigenvalue weighted by molar-refractivity contribution is -0.109. The molecule has 1 heterocycles. The number of nitrogens with zero attached hydrogens (tertiary/aromatic N) is 1. The summed E-state index contributed by atoms with van der Waals surface area (Å²) in [5.74, 6) is -0.218. The molecule has 0 aromatic heterocycles. The molecule has 3 rings (SSSR count). The van der Waals surface area contributed by atoms with Gasteiger partial charge in [-0.25, -0.2) is 4.39 Å². The molecule has 0 aliphatic carbocycles. The van der Waals surface area contributed by atoms with Gasteiger partial charge in [0, 0.05) is 22.5 Å². The van der Waals surface area contributed by atoms with Crippen LogP contribution in [-0.4, -0.2) is 12.0 Å². The van der Waals surface area contributed by atoms with E-state index in [1.54, 1.807) is 12.1 Å². The van der Waals surface area contributed by atoms with E-state index in [0.717, 1.165) is 58.5 Å². The highest BCUT2D eigenvalue weighted by Crippen LogP contribution is 2.34. The van der Waals surface area contributed by atoms with E-state index in [-0.39, 0.29) is 5.82 Å². The number of benzene rings is 2. The summed E-state index contributed by atoms with van der Waals surface area (Å²) < 4.78 is 13.9. The van der Waals surface area contributed by atoms with Crippen molar-refractivity contribution in [2.75, 3.05) is 5.32 Å². The number of aldehydes is 1. The molecule has 0 fully saturated rings. The first-order chi connectivity index (χ1) is 12.1. The first kappa shape index (κ1) is 17.1. The highest BCUT2D eigenvalue weighted by Gasteiger charge is 2.24. The summed E-state index contributed by atoms with van der Waals surface area (Å²) in [4.78, 5) is 11.5. The van der Waals surface area contributed by atoms with E-state index >= 15 is 0 Å². The quantitative estimate of drug-likeness (QED) is 0.800. The normalized spacial score (nSPS) is 15.8. The molecule has 1 atom stereocenters. The smallest absolute Gasteiger partial charge is 0.148 e. The molecule has 2 aromatic rings. The Kier molecular flexibility index (Phi) is 4.83. The fraction of sp³-hybridized carbons (Fsp3) is 0.300. The molecule has 0 saturated heterocycles. The Morgan fingerprint density at radius 2 is 1.92 bits per heavy atom. The Balaban J connectivity index is 2.13. The van der Waals surface area contributed by atoms with Crippen molar-refractivity contribution in [3.8, 4) is 0 Å². The standard InChI is InChI=1S/C20H22FN3O/c1-4-13-9-15(21)10-14(5-2)20(13)22-17-8-6-7-16-12(3)23-24-18(11-25)19(16)17/h6-11,18,22,24H,4-5H2,1-3H3. The molecule has 0 saturated carbocycles. The molecule has 25 heavy (non-hydrogen) atoms. The summed E-state index contributed by atoms with van der Waals surface area (Å²) >= 11 is 0. The van der Waals surface area contributed by atoms with Gasteiger partial charge in [-0.15, -0.1) is 0 Å². The maximum Gasteiger partial charge on any atom is 0.148 e. The van der Waals surface area contributed by atoms with E-state index in [0.29, 0.717) is 0 Å². The molecule has 1 unspecified atom stereocenters. The Morgan fingerprint density at radius 1 is 1.24 bits per heavy atom. The van der Waals surface area contributed by atoms with Gasteiger partial charge in [0.1, 0.15) is 18.1 Å². The summed E-state index contributed by atoms with van der Waals surface area (Å²) in [7, 11) is 0. The van der Waals surface area contributed by atoms with E-state index in [1.165, 1.54) is 0 Å². The maximum atomic E-state index is 13.9. The first-order valence-corrected chi connectivity index (χ1v) is 8.55. The van der Waals surface area contributed by atoms with Crippen LogP contribution in [0, 0.1) is 5.82 Å². The van der Waals surface area contributed by atoms with E-state index < -0.39 is 6.04 Å². The maximum absolute atomic E-state index is 13.9. The number of carbonyl (C=O) groups is 1. The van der Waals surface area contributed by atoms with Crippen molar-refractivity contribution in [1.29, 1.82) is 0 Å². The molecule has 0 amide bonds. The molecule has 0 radical (unpaired) electrons. The molecule has 1 aliphatic heterocycles. The second kappa shape index (κ2) is 7.05. The highest BCUT2D eigenvalue weighted by molar-refractivity contribution is 6.03. The van der Waals surface area contributed by atoms with Gasteiger partial charge in [-0.05, 0) is 49.1 Å². The molecule has 2 aromatic carbocycles. The van der Waals surface area contributed by atoms with E-state index in [4.69, 9.17) is 0 Å². The SMILES string of the molecule is CCc1cc(F)cc(CC)c1Nc1cccc2c1C(C=O)NN=C2C.